The summed E-state index contributed by atoms with van der Waals surface area (Å²) in [5.74, 6) is 0. The number of benzene rings is 4. The molecule has 4 aromatic carbocycles. The molecule has 0 saturated heterocycles. The van der Waals surface area contributed by atoms with Crippen LogP contribution >= 0.6 is 0 Å². The van der Waals surface area contributed by atoms with Gasteiger partial charge in [-0.15, -0.1) is 0 Å². The Morgan fingerprint density at radius 1 is 0.677 bits per heavy atom. The van der Waals surface area contributed by atoms with Crippen molar-refractivity contribution < 1.29 is 4.74 Å². The zero-order valence-electron chi connectivity index (χ0n) is 17.7. The molecule has 5 rings (SSSR count). The molecular weight excluding hydrogens is 510 g/mol. The van der Waals surface area contributed by atoms with E-state index in [9.17, 15) is 0 Å². The van der Waals surface area contributed by atoms with Crippen molar-refractivity contribution in [2.24, 2.45) is 0 Å². The van der Waals surface area contributed by atoms with Gasteiger partial charge in [0.05, 0.1) is 0 Å². The average molecular weight is 534 g/mol. The van der Waals surface area contributed by atoms with E-state index in [0.717, 1.165) is 6.61 Å². The number of hydrogen-bond acceptors (Lipinski definition) is 1. The molecule has 154 valence electrons. The van der Waals surface area contributed by atoms with Crippen molar-refractivity contribution in [2.45, 2.75) is 20.0 Å². The molecule has 4 aromatic rings. The van der Waals surface area contributed by atoms with Crippen molar-refractivity contribution in [1.82, 2.24) is 0 Å². The summed E-state index contributed by atoms with van der Waals surface area (Å²) < 4.78 is 12.3. The van der Waals surface area contributed by atoms with Gasteiger partial charge in [-0.3, -0.25) is 0 Å². The topological polar surface area (TPSA) is 9.23 Å². The Kier molecular flexibility index (Phi) is 6.14. The standard InChI is InChI=1S/C28H24OSe2/c1-19-7-13-24(14-8-19)30-26-18-29-27(28(26)31-25-15-9-20(2)10-16-25)23-12-11-21-5-3-4-6-22(21)17-23/h3-17,27H,18H2,1-2H3. The fraction of sp³-hybridized carbons (Fsp3) is 0.143. The third-order valence-electron chi connectivity index (χ3n) is 5.48. The molecule has 1 aliphatic rings. The Labute approximate surface area is 196 Å². The van der Waals surface area contributed by atoms with E-state index >= 15 is 0 Å². The zero-order valence-corrected chi connectivity index (χ0v) is 21.1. The summed E-state index contributed by atoms with van der Waals surface area (Å²) in [6.45, 7) is 5.04. The van der Waals surface area contributed by atoms with Gasteiger partial charge in [-0.2, -0.15) is 0 Å². The van der Waals surface area contributed by atoms with Crippen LogP contribution in [0.2, 0.25) is 0 Å². The molecule has 0 radical (unpaired) electrons. The molecule has 0 aromatic heterocycles. The van der Waals surface area contributed by atoms with Gasteiger partial charge < -0.3 is 0 Å². The molecule has 1 aliphatic heterocycles. The molecule has 0 N–H and O–H groups in total. The van der Waals surface area contributed by atoms with E-state index in [-0.39, 0.29) is 21.1 Å². The van der Waals surface area contributed by atoms with Gasteiger partial charge >= 0.3 is 198 Å². The molecule has 1 atom stereocenters. The Hall–Kier alpha value is -2.12. The Morgan fingerprint density at radius 3 is 1.97 bits per heavy atom. The molecule has 0 aliphatic carbocycles. The molecular formula is C28H24OSe2. The summed E-state index contributed by atoms with van der Waals surface area (Å²) >= 11 is 0.545. The van der Waals surface area contributed by atoms with E-state index in [1.807, 2.05) is 0 Å². The molecule has 31 heavy (non-hydrogen) atoms. The number of aryl methyl sites for hydroxylation is 2. The summed E-state index contributed by atoms with van der Waals surface area (Å²) in [6, 6.07) is 33.4. The first-order valence-corrected chi connectivity index (χ1v) is 13.9. The van der Waals surface area contributed by atoms with Gasteiger partial charge in [-0.05, 0) is 0 Å². The van der Waals surface area contributed by atoms with Crippen molar-refractivity contribution in [3.8, 4) is 0 Å². The van der Waals surface area contributed by atoms with Crippen molar-refractivity contribution in [1.29, 1.82) is 0 Å². The predicted molar refractivity (Wildman–Crippen MR) is 133 cm³/mol. The van der Waals surface area contributed by atoms with Crippen LogP contribution in [0.5, 0.6) is 0 Å². The Balaban J connectivity index is 1.52. The minimum atomic E-state index is 0.0632. The van der Waals surface area contributed by atoms with Gasteiger partial charge in [0.1, 0.15) is 0 Å². The van der Waals surface area contributed by atoms with Gasteiger partial charge in [-0.1, -0.05) is 0 Å². The molecule has 0 saturated carbocycles. The maximum atomic E-state index is 6.46. The van der Waals surface area contributed by atoms with Gasteiger partial charge in [0.15, 0.2) is 0 Å². The summed E-state index contributed by atoms with van der Waals surface area (Å²) in [7, 11) is 0. The van der Waals surface area contributed by atoms with E-state index in [2.05, 4.69) is 105 Å². The normalized spacial score (nSPS) is 16.3. The average Bonchev–Trinajstić information content (AvgIpc) is 3.18. The van der Waals surface area contributed by atoms with E-state index in [1.165, 1.54) is 45.3 Å². The number of ether oxygens (including phenoxy) is 1. The monoisotopic (exact) mass is 536 g/mol. The van der Waals surface area contributed by atoms with E-state index in [1.54, 1.807) is 0 Å². The van der Waals surface area contributed by atoms with Gasteiger partial charge in [0, 0.05) is 0 Å². The number of fused-ring (bicyclic) bond motifs is 1. The first-order valence-electron chi connectivity index (χ1n) is 10.5. The van der Waals surface area contributed by atoms with Crippen molar-refractivity contribution >= 4 is 49.6 Å². The molecule has 1 heterocycles. The summed E-state index contributed by atoms with van der Waals surface area (Å²) in [6.07, 6.45) is 0.0632. The predicted octanol–water partition coefficient (Wildman–Crippen LogP) is 4.80. The molecule has 0 spiro atoms. The van der Waals surface area contributed by atoms with Crippen LogP contribution in [0.15, 0.2) is 99.9 Å². The summed E-state index contributed by atoms with van der Waals surface area (Å²) in [4.78, 5) is 0. The molecule has 0 fully saturated rings. The third-order valence-corrected chi connectivity index (χ3v) is 10.9. The number of hydrogen-bond donors (Lipinski definition) is 0. The Morgan fingerprint density at radius 2 is 1.29 bits per heavy atom. The summed E-state index contributed by atoms with van der Waals surface area (Å²) in [5.41, 5.74) is 3.90. The van der Waals surface area contributed by atoms with Crippen LogP contribution in [0.3, 0.4) is 0 Å². The van der Waals surface area contributed by atoms with Gasteiger partial charge in [0.25, 0.3) is 0 Å². The van der Waals surface area contributed by atoms with Crippen LogP contribution < -0.4 is 8.92 Å². The van der Waals surface area contributed by atoms with Crippen molar-refractivity contribution in [3.63, 3.8) is 0 Å². The quantitative estimate of drug-likeness (QED) is 0.335. The minimum absolute atomic E-state index is 0.0632. The van der Waals surface area contributed by atoms with Crippen LogP contribution in [0, 0.1) is 13.8 Å². The maximum absolute atomic E-state index is 6.46. The second-order valence-electron chi connectivity index (χ2n) is 7.92. The second-order valence-corrected chi connectivity index (χ2v) is 12.7. The van der Waals surface area contributed by atoms with Crippen LogP contribution in [-0.4, -0.2) is 36.5 Å². The van der Waals surface area contributed by atoms with E-state index < -0.39 is 0 Å². The first kappa shape index (κ1) is 20.8. The second kappa shape index (κ2) is 9.17. The van der Waals surface area contributed by atoms with Crippen molar-refractivity contribution in [2.75, 3.05) is 6.61 Å². The van der Waals surface area contributed by atoms with Crippen molar-refractivity contribution in [3.05, 3.63) is 117 Å². The van der Waals surface area contributed by atoms with Crippen LogP contribution in [0.25, 0.3) is 10.8 Å². The third kappa shape index (κ3) is 4.72. The summed E-state index contributed by atoms with van der Waals surface area (Å²) in [5, 5.41) is 2.56. The van der Waals surface area contributed by atoms with Crippen LogP contribution in [-0.2, 0) is 4.74 Å². The van der Waals surface area contributed by atoms with Gasteiger partial charge in [0.2, 0.25) is 0 Å². The van der Waals surface area contributed by atoms with E-state index in [0.29, 0.717) is 15.0 Å². The van der Waals surface area contributed by atoms with Crippen LogP contribution in [0.1, 0.15) is 22.8 Å². The molecule has 0 bridgehead atoms. The molecule has 1 nitrogen and oxygen atoms in total. The molecule has 0 amide bonds. The fourth-order valence-corrected chi connectivity index (χ4v) is 8.64. The number of rotatable bonds is 5. The van der Waals surface area contributed by atoms with E-state index in [4.69, 9.17) is 4.74 Å². The Bertz CT molecular complexity index is 1240. The SMILES string of the molecule is Cc1ccc([Se]C2=C([Se]c3ccc(C)cc3)C(c3ccc4ccccc4c3)OC2)cc1. The first-order chi connectivity index (χ1) is 15.2. The van der Waals surface area contributed by atoms with Gasteiger partial charge in [-0.25, -0.2) is 0 Å². The van der Waals surface area contributed by atoms with Crippen LogP contribution in [0.4, 0.5) is 0 Å². The molecule has 3 heteroatoms. The molecule has 1 unspecified atom stereocenters. The fourth-order valence-electron chi connectivity index (χ4n) is 3.74. The zero-order chi connectivity index (χ0) is 21.2.